The summed E-state index contributed by atoms with van der Waals surface area (Å²) in [6, 6.07) is 0. The van der Waals surface area contributed by atoms with Gasteiger partial charge in [0, 0.05) is 5.41 Å². The molecule has 2 N–H and O–H groups in total. The van der Waals surface area contributed by atoms with Gasteiger partial charge in [0.1, 0.15) is 5.57 Å². The molecule has 13 heavy (non-hydrogen) atoms. The van der Waals surface area contributed by atoms with E-state index >= 15 is 0 Å². The fourth-order valence-corrected chi connectivity index (χ4v) is 1.97. The Morgan fingerprint density at radius 3 is 2.69 bits per heavy atom. The summed E-state index contributed by atoms with van der Waals surface area (Å²) < 4.78 is 13.6. The molecule has 0 aliphatic heterocycles. The molecule has 0 heterocycles. The van der Waals surface area contributed by atoms with E-state index in [0.29, 0.717) is 0 Å². The fourth-order valence-electron chi connectivity index (χ4n) is 1.97. The van der Waals surface area contributed by atoms with Crippen LogP contribution in [0.1, 0.15) is 12.8 Å². The van der Waals surface area contributed by atoms with Crippen molar-refractivity contribution in [1.29, 1.82) is 0 Å². The zero-order valence-corrected chi connectivity index (χ0v) is 7.76. The Balaban J connectivity index is 2.90. The smallest absolute Gasteiger partial charge is 0.153 e. The van der Waals surface area contributed by atoms with E-state index in [-0.39, 0.29) is 19.4 Å². The van der Waals surface area contributed by atoms with Crippen molar-refractivity contribution in [2.45, 2.75) is 24.5 Å². The lowest BCUT2D eigenvalue weighted by molar-refractivity contribution is 0.0747. The lowest BCUT2D eigenvalue weighted by atomic mass is 9.77. The predicted octanol–water partition coefficient (Wildman–Crippen LogP) is -0.240. The van der Waals surface area contributed by atoms with Gasteiger partial charge in [0.05, 0.1) is 12.7 Å². The average molecular weight is 184 g/mol. The van der Waals surface area contributed by atoms with E-state index < -0.39 is 17.1 Å². The van der Waals surface area contributed by atoms with Crippen LogP contribution in [-0.2, 0) is 0 Å². The highest BCUT2D eigenvalue weighted by Gasteiger charge is 2.50. The summed E-state index contributed by atoms with van der Waals surface area (Å²) in [5, 5.41) is 18.5. The number of aliphatic hydroxyl groups is 2. The Kier molecular flexibility index (Phi) is 2.67. The van der Waals surface area contributed by atoms with Crippen molar-refractivity contribution >= 4 is 7.85 Å². The number of alkyl halides is 1. The second kappa shape index (κ2) is 3.30. The molecule has 0 bridgehead atoms. The Morgan fingerprint density at radius 2 is 2.38 bits per heavy atom. The van der Waals surface area contributed by atoms with Gasteiger partial charge < -0.3 is 10.2 Å². The maximum absolute atomic E-state index is 13.6. The molecular weight excluding hydrogens is 170 g/mol. The van der Waals surface area contributed by atoms with Crippen LogP contribution < -0.4 is 0 Å². The van der Waals surface area contributed by atoms with Crippen LogP contribution in [0, 0.1) is 5.41 Å². The minimum Gasteiger partial charge on any atom is -0.395 e. The van der Waals surface area contributed by atoms with Gasteiger partial charge in [-0.25, -0.2) is 0 Å². The van der Waals surface area contributed by atoms with Gasteiger partial charge in [-0.2, -0.15) is 0 Å². The van der Waals surface area contributed by atoms with E-state index in [1.54, 1.807) is 6.08 Å². The number of hydrogen-bond acceptors (Lipinski definition) is 2. The maximum atomic E-state index is 13.6. The molecule has 3 atom stereocenters. The molecular formula is C9H14BFO2. The summed E-state index contributed by atoms with van der Waals surface area (Å²) in [6.45, 7) is 3.22. The Morgan fingerprint density at radius 1 is 1.77 bits per heavy atom. The lowest BCUT2D eigenvalue weighted by Gasteiger charge is -2.21. The molecule has 1 unspecified atom stereocenters. The molecule has 1 aliphatic rings. The maximum Gasteiger partial charge on any atom is 0.153 e. The van der Waals surface area contributed by atoms with Crippen LogP contribution in [0.4, 0.5) is 4.39 Å². The molecule has 0 aromatic carbocycles. The van der Waals surface area contributed by atoms with Crippen LogP contribution in [-0.4, -0.2) is 36.3 Å². The van der Waals surface area contributed by atoms with Crippen molar-refractivity contribution < 1.29 is 14.6 Å². The summed E-state index contributed by atoms with van der Waals surface area (Å²) in [5.74, 6) is 0. The van der Waals surface area contributed by atoms with Crippen LogP contribution in [0.2, 0.25) is 0 Å². The predicted molar refractivity (Wildman–Crippen MR) is 50.9 cm³/mol. The molecule has 0 spiro atoms. The van der Waals surface area contributed by atoms with Crippen LogP contribution in [0.15, 0.2) is 18.4 Å². The normalized spacial score (nSPS) is 44.4. The average Bonchev–Trinajstić information content (AvgIpc) is 2.24. The molecule has 72 valence electrons. The van der Waals surface area contributed by atoms with Gasteiger partial charge in [-0.05, 0) is 18.9 Å². The van der Waals surface area contributed by atoms with Crippen LogP contribution in [0.3, 0.4) is 0 Å². The van der Waals surface area contributed by atoms with Crippen molar-refractivity contribution in [2.75, 3.05) is 6.61 Å². The van der Waals surface area contributed by atoms with Crippen molar-refractivity contribution in [3.8, 4) is 0 Å². The molecule has 1 saturated carbocycles. The van der Waals surface area contributed by atoms with Gasteiger partial charge in [-0.1, -0.05) is 6.58 Å². The third-order valence-corrected chi connectivity index (χ3v) is 2.72. The van der Waals surface area contributed by atoms with E-state index in [0.717, 1.165) is 0 Å². The van der Waals surface area contributed by atoms with Crippen molar-refractivity contribution in [3.05, 3.63) is 18.4 Å². The van der Waals surface area contributed by atoms with Crippen molar-refractivity contribution in [3.63, 3.8) is 0 Å². The van der Waals surface area contributed by atoms with Crippen LogP contribution in [0.5, 0.6) is 0 Å². The van der Waals surface area contributed by atoms with Gasteiger partial charge in [0.15, 0.2) is 7.85 Å². The Bertz CT molecular complexity index is 248. The number of rotatable bonds is 2. The molecule has 0 radical (unpaired) electrons. The number of aliphatic hydroxyl groups excluding tert-OH is 2. The van der Waals surface area contributed by atoms with Gasteiger partial charge in [0.25, 0.3) is 0 Å². The minimum atomic E-state index is -1.61. The zero-order chi connectivity index (χ0) is 10.1. The van der Waals surface area contributed by atoms with Gasteiger partial charge >= 0.3 is 0 Å². The summed E-state index contributed by atoms with van der Waals surface area (Å²) in [6.07, 6.45) is 0.907. The molecule has 0 amide bonds. The van der Waals surface area contributed by atoms with Crippen LogP contribution in [0.25, 0.3) is 0 Å². The highest BCUT2D eigenvalue weighted by molar-refractivity contribution is 6.15. The molecule has 4 heteroatoms. The van der Waals surface area contributed by atoms with E-state index in [2.05, 4.69) is 12.3 Å². The third-order valence-electron chi connectivity index (χ3n) is 2.72. The molecule has 0 aromatic rings. The standard InChI is InChI=1S/C9H14BFO2/c1-2-3-8(6-12)4-7(13)9(10,11)5-8/h3,7,12-13H,1,4-6,10H2/t7?,8-,9+/m1/s1. The topological polar surface area (TPSA) is 40.5 Å². The summed E-state index contributed by atoms with van der Waals surface area (Å²) in [5.41, 5.74) is 0.256. The van der Waals surface area contributed by atoms with Gasteiger partial charge in [-0.3, -0.25) is 4.39 Å². The second-order valence-corrected chi connectivity index (χ2v) is 4.04. The summed E-state index contributed by atoms with van der Waals surface area (Å²) in [7, 11) is 1.35. The van der Waals surface area contributed by atoms with Gasteiger partial charge in [-0.15, -0.1) is 5.73 Å². The first-order valence-corrected chi connectivity index (χ1v) is 4.31. The molecule has 0 saturated heterocycles. The van der Waals surface area contributed by atoms with E-state index in [9.17, 15) is 9.50 Å². The first-order chi connectivity index (χ1) is 5.96. The third kappa shape index (κ3) is 1.85. The van der Waals surface area contributed by atoms with Crippen molar-refractivity contribution in [1.82, 2.24) is 0 Å². The van der Waals surface area contributed by atoms with E-state index in [1.807, 2.05) is 0 Å². The SMILES string of the molecule is B[C@]1(F)C[C@](C=C=C)(CO)CC1O. The van der Waals surface area contributed by atoms with Crippen molar-refractivity contribution in [2.24, 2.45) is 5.41 Å². The summed E-state index contributed by atoms with van der Waals surface area (Å²) >= 11 is 0. The molecule has 1 fully saturated rings. The largest absolute Gasteiger partial charge is 0.395 e. The van der Waals surface area contributed by atoms with Crippen LogP contribution >= 0.6 is 0 Å². The number of hydrogen-bond donors (Lipinski definition) is 2. The quantitative estimate of drug-likeness (QED) is 0.459. The molecule has 1 aliphatic carbocycles. The highest BCUT2D eigenvalue weighted by Crippen LogP contribution is 2.45. The molecule has 1 rings (SSSR count). The highest BCUT2D eigenvalue weighted by atomic mass is 19.1. The fraction of sp³-hybridized carbons (Fsp3) is 0.667. The first kappa shape index (κ1) is 10.5. The second-order valence-electron chi connectivity index (χ2n) is 4.04. The number of halogens is 1. The monoisotopic (exact) mass is 184 g/mol. The Hall–Kier alpha value is -0.565. The first-order valence-electron chi connectivity index (χ1n) is 4.31. The summed E-state index contributed by atoms with van der Waals surface area (Å²) in [4.78, 5) is 0. The van der Waals surface area contributed by atoms with E-state index in [4.69, 9.17) is 5.11 Å². The Labute approximate surface area is 78.2 Å². The molecule has 2 nitrogen and oxygen atoms in total. The van der Waals surface area contributed by atoms with E-state index in [1.165, 1.54) is 7.85 Å². The minimum absolute atomic E-state index is 0.125. The zero-order valence-electron chi connectivity index (χ0n) is 7.76. The molecule has 0 aromatic heterocycles. The lowest BCUT2D eigenvalue weighted by Crippen LogP contribution is -2.32. The van der Waals surface area contributed by atoms with Gasteiger partial charge in [0.2, 0.25) is 0 Å².